The Bertz CT molecular complexity index is 133. The summed E-state index contributed by atoms with van der Waals surface area (Å²) < 4.78 is 0. The van der Waals surface area contributed by atoms with Gasteiger partial charge in [-0.05, 0) is 57.8 Å². The third-order valence-corrected chi connectivity index (χ3v) is 3.49. The normalized spacial score (nSPS) is 27.0. The van der Waals surface area contributed by atoms with Crippen molar-refractivity contribution in [2.45, 2.75) is 38.1 Å². The maximum absolute atomic E-state index is 5.48. The Kier molecular flexibility index (Phi) is 7.76. The van der Waals surface area contributed by atoms with Crippen molar-refractivity contribution in [3.05, 3.63) is 0 Å². The second kappa shape index (κ2) is 8.93. The van der Waals surface area contributed by atoms with E-state index in [-0.39, 0.29) is 0 Å². The molecule has 2 aliphatic heterocycles. The van der Waals surface area contributed by atoms with E-state index >= 15 is 0 Å². The van der Waals surface area contributed by atoms with E-state index in [1.54, 1.807) is 0 Å². The highest BCUT2D eigenvalue weighted by Gasteiger charge is 2.09. The fraction of sp³-hybridized carbons (Fsp3) is 1.00. The van der Waals surface area contributed by atoms with Gasteiger partial charge in [-0.2, -0.15) is 0 Å². The summed E-state index contributed by atoms with van der Waals surface area (Å²) in [6.45, 7) is 5.19. The molecule has 96 valence electrons. The Hall–Kier alpha value is -0.160. The Balaban J connectivity index is 0.000000160. The largest absolute Gasteiger partial charge is 0.330 e. The van der Waals surface area contributed by atoms with Crippen molar-refractivity contribution < 1.29 is 0 Å². The van der Waals surface area contributed by atoms with Crippen LogP contribution in [-0.4, -0.2) is 38.8 Å². The van der Waals surface area contributed by atoms with Crippen LogP contribution in [0.5, 0.6) is 0 Å². The SMILES string of the molecule is NCC1CCCCN1.NCC1CCNCC1. The number of hydrogen-bond acceptors (Lipinski definition) is 4. The van der Waals surface area contributed by atoms with Crippen molar-refractivity contribution in [3.63, 3.8) is 0 Å². The van der Waals surface area contributed by atoms with Crippen LogP contribution in [0, 0.1) is 5.92 Å². The zero-order valence-electron chi connectivity index (χ0n) is 10.4. The molecule has 0 amide bonds. The molecule has 2 fully saturated rings. The minimum absolute atomic E-state index is 0.615. The molecule has 2 aliphatic rings. The summed E-state index contributed by atoms with van der Waals surface area (Å²) in [7, 11) is 0. The van der Waals surface area contributed by atoms with Crippen molar-refractivity contribution in [1.82, 2.24) is 10.6 Å². The van der Waals surface area contributed by atoms with Crippen LogP contribution in [0.25, 0.3) is 0 Å². The Labute approximate surface area is 99.5 Å². The average molecular weight is 228 g/mol. The first-order valence-electron chi connectivity index (χ1n) is 6.71. The highest BCUT2D eigenvalue weighted by atomic mass is 14.9. The first kappa shape index (κ1) is 13.9. The lowest BCUT2D eigenvalue weighted by atomic mass is 9.99. The van der Waals surface area contributed by atoms with E-state index in [2.05, 4.69) is 10.6 Å². The van der Waals surface area contributed by atoms with Crippen LogP contribution in [0.2, 0.25) is 0 Å². The Morgan fingerprint density at radius 1 is 0.875 bits per heavy atom. The number of hydrogen-bond donors (Lipinski definition) is 4. The molecule has 6 N–H and O–H groups in total. The minimum atomic E-state index is 0.615. The number of piperidine rings is 2. The molecule has 2 saturated heterocycles. The number of nitrogens with one attached hydrogen (secondary N) is 2. The highest BCUT2D eigenvalue weighted by molar-refractivity contribution is 4.71. The maximum atomic E-state index is 5.48. The van der Waals surface area contributed by atoms with Gasteiger partial charge in [0.25, 0.3) is 0 Å². The van der Waals surface area contributed by atoms with E-state index in [0.29, 0.717) is 6.04 Å². The van der Waals surface area contributed by atoms with Crippen LogP contribution >= 0.6 is 0 Å². The van der Waals surface area contributed by atoms with Crippen LogP contribution in [0.1, 0.15) is 32.1 Å². The fourth-order valence-corrected chi connectivity index (χ4v) is 2.24. The first-order chi connectivity index (χ1) is 7.86. The zero-order valence-corrected chi connectivity index (χ0v) is 10.4. The second-order valence-corrected chi connectivity index (χ2v) is 4.81. The summed E-state index contributed by atoms with van der Waals surface area (Å²) in [6.07, 6.45) is 6.51. The average Bonchev–Trinajstić information content (AvgIpc) is 2.41. The van der Waals surface area contributed by atoms with Gasteiger partial charge in [0.05, 0.1) is 0 Å². The molecule has 0 aliphatic carbocycles. The van der Waals surface area contributed by atoms with Gasteiger partial charge in [-0.1, -0.05) is 6.42 Å². The van der Waals surface area contributed by atoms with Gasteiger partial charge in [-0.15, -0.1) is 0 Å². The van der Waals surface area contributed by atoms with Crippen LogP contribution in [0.4, 0.5) is 0 Å². The van der Waals surface area contributed by atoms with Gasteiger partial charge in [-0.3, -0.25) is 0 Å². The standard InChI is InChI=1S/2C6H14N2/c7-5-6-1-3-8-4-2-6;7-5-6-3-1-2-4-8-6/h2*6,8H,1-5,7H2. The lowest BCUT2D eigenvalue weighted by molar-refractivity contribution is 0.382. The third-order valence-electron chi connectivity index (χ3n) is 3.49. The predicted molar refractivity (Wildman–Crippen MR) is 69.3 cm³/mol. The molecular weight excluding hydrogens is 200 g/mol. The molecular formula is C12H28N4. The number of rotatable bonds is 2. The quantitative estimate of drug-likeness (QED) is 0.538. The Morgan fingerprint density at radius 3 is 2.00 bits per heavy atom. The molecule has 4 nitrogen and oxygen atoms in total. The third kappa shape index (κ3) is 5.80. The van der Waals surface area contributed by atoms with E-state index in [1.165, 1.54) is 51.7 Å². The van der Waals surface area contributed by atoms with E-state index in [9.17, 15) is 0 Å². The van der Waals surface area contributed by atoms with E-state index in [4.69, 9.17) is 11.5 Å². The highest BCUT2D eigenvalue weighted by Crippen LogP contribution is 2.08. The van der Waals surface area contributed by atoms with E-state index in [1.807, 2.05) is 0 Å². The summed E-state index contributed by atoms with van der Waals surface area (Å²) in [5, 5.41) is 6.64. The van der Waals surface area contributed by atoms with Gasteiger partial charge in [0, 0.05) is 12.6 Å². The number of nitrogens with two attached hydrogens (primary N) is 2. The molecule has 4 heteroatoms. The molecule has 0 saturated carbocycles. The van der Waals surface area contributed by atoms with Crippen LogP contribution in [0.3, 0.4) is 0 Å². The van der Waals surface area contributed by atoms with Crippen molar-refractivity contribution >= 4 is 0 Å². The topological polar surface area (TPSA) is 76.1 Å². The van der Waals surface area contributed by atoms with Crippen LogP contribution in [0.15, 0.2) is 0 Å². The summed E-state index contributed by atoms with van der Waals surface area (Å²) in [5.74, 6) is 0.802. The molecule has 1 atom stereocenters. The molecule has 0 spiro atoms. The van der Waals surface area contributed by atoms with Gasteiger partial charge in [0.1, 0.15) is 0 Å². The second-order valence-electron chi connectivity index (χ2n) is 4.81. The van der Waals surface area contributed by atoms with Crippen LogP contribution in [-0.2, 0) is 0 Å². The van der Waals surface area contributed by atoms with Crippen LogP contribution < -0.4 is 22.1 Å². The maximum Gasteiger partial charge on any atom is 0.0190 e. The molecule has 2 rings (SSSR count). The molecule has 0 aromatic rings. The summed E-state index contributed by atoms with van der Waals surface area (Å²) in [5.41, 5.74) is 10.9. The monoisotopic (exact) mass is 228 g/mol. The van der Waals surface area contributed by atoms with Crippen molar-refractivity contribution in [3.8, 4) is 0 Å². The molecule has 1 unspecified atom stereocenters. The van der Waals surface area contributed by atoms with E-state index < -0.39 is 0 Å². The molecule has 0 aromatic heterocycles. The molecule has 2 heterocycles. The Morgan fingerprint density at radius 2 is 1.62 bits per heavy atom. The first-order valence-corrected chi connectivity index (χ1v) is 6.71. The molecule has 0 aromatic carbocycles. The van der Waals surface area contributed by atoms with Gasteiger partial charge >= 0.3 is 0 Å². The molecule has 16 heavy (non-hydrogen) atoms. The van der Waals surface area contributed by atoms with Gasteiger partial charge < -0.3 is 22.1 Å². The smallest absolute Gasteiger partial charge is 0.0190 e. The zero-order chi connectivity index (χ0) is 11.6. The lowest BCUT2D eigenvalue weighted by Gasteiger charge is -2.21. The van der Waals surface area contributed by atoms with Crippen molar-refractivity contribution in [1.29, 1.82) is 0 Å². The minimum Gasteiger partial charge on any atom is -0.330 e. The summed E-state index contributed by atoms with van der Waals surface area (Å²) in [6, 6.07) is 0.615. The summed E-state index contributed by atoms with van der Waals surface area (Å²) >= 11 is 0. The van der Waals surface area contributed by atoms with E-state index in [0.717, 1.165) is 19.0 Å². The lowest BCUT2D eigenvalue weighted by Crippen LogP contribution is -2.39. The van der Waals surface area contributed by atoms with Gasteiger partial charge in [0.2, 0.25) is 0 Å². The van der Waals surface area contributed by atoms with Crippen molar-refractivity contribution in [2.24, 2.45) is 17.4 Å². The fourth-order valence-electron chi connectivity index (χ4n) is 2.24. The van der Waals surface area contributed by atoms with Crippen molar-refractivity contribution in [2.75, 3.05) is 32.7 Å². The summed E-state index contributed by atoms with van der Waals surface area (Å²) in [4.78, 5) is 0. The van der Waals surface area contributed by atoms with Gasteiger partial charge in [-0.25, -0.2) is 0 Å². The molecule has 0 radical (unpaired) electrons. The van der Waals surface area contributed by atoms with Gasteiger partial charge in [0.15, 0.2) is 0 Å². The predicted octanol–water partition coefficient (Wildman–Crippen LogP) is 0.0319. The molecule has 0 bridgehead atoms.